The Hall–Kier alpha value is -3.19. The molecule has 0 saturated heterocycles. The minimum atomic E-state index is 0.346. The van der Waals surface area contributed by atoms with E-state index in [0.717, 1.165) is 27.5 Å². The quantitative estimate of drug-likeness (QED) is 0.574. The second-order valence-electron chi connectivity index (χ2n) is 4.77. The molecule has 0 spiro atoms. The molecule has 0 aliphatic heterocycles. The summed E-state index contributed by atoms with van der Waals surface area (Å²) in [5.41, 5.74) is 4.41. The second kappa shape index (κ2) is 4.43. The van der Waals surface area contributed by atoms with Gasteiger partial charge in [-0.05, 0) is 18.2 Å². The maximum Gasteiger partial charge on any atom is 0.167 e. The highest BCUT2D eigenvalue weighted by molar-refractivity contribution is 5.96. The zero-order valence-corrected chi connectivity index (χ0v) is 11.0. The number of benzene rings is 2. The average Bonchev–Trinajstić information content (AvgIpc) is 2.97. The molecular formula is C17H10N4. The van der Waals surface area contributed by atoms with Crippen molar-refractivity contribution in [1.29, 1.82) is 5.26 Å². The van der Waals surface area contributed by atoms with Gasteiger partial charge in [-0.3, -0.25) is 0 Å². The molecule has 0 bridgehead atoms. The predicted octanol–water partition coefficient (Wildman–Crippen LogP) is 3.65. The number of fused-ring (bicyclic) bond motifs is 2. The van der Waals surface area contributed by atoms with Gasteiger partial charge in [0.2, 0.25) is 0 Å². The summed E-state index contributed by atoms with van der Waals surface area (Å²) in [6.45, 7) is 0. The second-order valence-corrected chi connectivity index (χ2v) is 4.77. The molecule has 4 nitrogen and oxygen atoms in total. The van der Waals surface area contributed by atoms with E-state index < -0.39 is 0 Å². The number of hydrogen-bond acceptors (Lipinski definition) is 3. The molecule has 2 aromatic heterocycles. The molecule has 0 aliphatic carbocycles. The summed E-state index contributed by atoms with van der Waals surface area (Å²) >= 11 is 0. The molecule has 2 aromatic carbocycles. The van der Waals surface area contributed by atoms with Crippen molar-refractivity contribution in [2.24, 2.45) is 0 Å². The van der Waals surface area contributed by atoms with Gasteiger partial charge < -0.3 is 4.98 Å². The van der Waals surface area contributed by atoms with Gasteiger partial charge >= 0.3 is 0 Å². The highest BCUT2D eigenvalue weighted by atomic mass is 14.8. The average molecular weight is 270 g/mol. The van der Waals surface area contributed by atoms with E-state index in [-0.39, 0.29) is 0 Å². The maximum atomic E-state index is 9.39. The summed E-state index contributed by atoms with van der Waals surface area (Å²) in [4.78, 5) is 12.3. The van der Waals surface area contributed by atoms with E-state index >= 15 is 0 Å². The standard InChI is InChI=1S/C17H10N4/c18-9-16-17(21-15-8-4-3-7-14(15)20-16)12-10-19-13-6-2-1-5-11(12)13/h1-8,10,19H. The van der Waals surface area contributed by atoms with Crippen molar-refractivity contribution < 1.29 is 0 Å². The summed E-state index contributed by atoms with van der Waals surface area (Å²) < 4.78 is 0. The monoisotopic (exact) mass is 270 g/mol. The summed E-state index contributed by atoms with van der Waals surface area (Å²) in [5.74, 6) is 0. The van der Waals surface area contributed by atoms with Crippen molar-refractivity contribution in [2.75, 3.05) is 0 Å². The van der Waals surface area contributed by atoms with Gasteiger partial charge in [0, 0.05) is 22.7 Å². The van der Waals surface area contributed by atoms with Crippen LogP contribution in [0.2, 0.25) is 0 Å². The summed E-state index contributed by atoms with van der Waals surface area (Å²) in [6, 6.07) is 17.7. The van der Waals surface area contributed by atoms with Crippen LogP contribution >= 0.6 is 0 Å². The molecule has 0 amide bonds. The Morgan fingerprint density at radius 2 is 1.62 bits per heavy atom. The minimum absolute atomic E-state index is 0.346. The molecular weight excluding hydrogens is 260 g/mol. The minimum Gasteiger partial charge on any atom is -0.360 e. The zero-order valence-electron chi connectivity index (χ0n) is 11.0. The van der Waals surface area contributed by atoms with Crippen LogP contribution in [0.15, 0.2) is 54.7 Å². The molecule has 4 aromatic rings. The smallest absolute Gasteiger partial charge is 0.167 e. The van der Waals surface area contributed by atoms with Gasteiger partial charge in [0.1, 0.15) is 11.8 Å². The van der Waals surface area contributed by atoms with E-state index in [1.165, 1.54) is 0 Å². The van der Waals surface area contributed by atoms with Crippen molar-refractivity contribution >= 4 is 21.9 Å². The third-order valence-corrected chi connectivity index (χ3v) is 3.52. The number of nitrogens with one attached hydrogen (secondary N) is 1. The van der Waals surface area contributed by atoms with E-state index in [0.29, 0.717) is 11.4 Å². The first-order chi connectivity index (χ1) is 10.4. The third kappa shape index (κ3) is 1.76. The molecule has 0 atom stereocenters. The molecule has 2 heterocycles. The first-order valence-corrected chi connectivity index (χ1v) is 6.60. The molecule has 1 N–H and O–H groups in total. The summed E-state index contributed by atoms with van der Waals surface area (Å²) in [7, 11) is 0. The maximum absolute atomic E-state index is 9.39. The van der Waals surface area contributed by atoms with Crippen molar-refractivity contribution in [3.05, 3.63) is 60.4 Å². The van der Waals surface area contributed by atoms with Crippen LogP contribution in [-0.2, 0) is 0 Å². The zero-order chi connectivity index (χ0) is 14.2. The lowest BCUT2D eigenvalue weighted by molar-refractivity contribution is 1.25. The predicted molar refractivity (Wildman–Crippen MR) is 81.5 cm³/mol. The van der Waals surface area contributed by atoms with E-state index in [2.05, 4.69) is 21.0 Å². The van der Waals surface area contributed by atoms with Crippen molar-refractivity contribution in [2.45, 2.75) is 0 Å². The van der Waals surface area contributed by atoms with Gasteiger partial charge in [-0.25, -0.2) is 9.97 Å². The first-order valence-electron chi connectivity index (χ1n) is 6.60. The molecule has 98 valence electrons. The van der Waals surface area contributed by atoms with Gasteiger partial charge in [-0.2, -0.15) is 5.26 Å². The molecule has 4 heteroatoms. The number of rotatable bonds is 1. The normalized spacial score (nSPS) is 10.8. The van der Waals surface area contributed by atoms with E-state index in [4.69, 9.17) is 0 Å². The Morgan fingerprint density at radius 1 is 0.905 bits per heavy atom. The number of hydrogen-bond donors (Lipinski definition) is 1. The fourth-order valence-electron chi connectivity index (χ4n) is 2.53. The van der Waals surface area contributed by atoms with E-state index in [9.17, 15) is 5.26 Å². The van der Waals surface area contributed by atoms with Crippen LogP contribution in [0.1, 0.15) is 5.69 Å². The van der Waals surface area contributed by atoms with Crippen molar-refractivity contribution in [1.82, 2.24) is 15.0 Å². The fraction of sp³-hybridized carbons (Fsp3) is 0. The summed E-state index contributed by atoms with van der Waals surface area (Å²) in [5, 5.41) is 10.4. The van der Waals surface area contributed by atoms with Crippen LogP contribution in [0.25, 0.3) is 33.2 Å². The molecule has 21 heavy (non-hydrogen) atoms. The Balaban J connectivity index is 2.08. The van der Waals surface area contributed by atoms with Gasteiger partial charge in [-0.1, -0.05) is 30.3 Å². The number of nitrogens with zero attached hydrogens (tertiary/aromatic N) is 3. The molecule has 0 aliphatic rings. The van der Waals surface area contributed by atoms with Crippen LogP contribution < -0.4 is 0 Å². The Bertz CT molecular complexity index is 1010. The topological polar surface area (TPSA) is 65.4 Å². The molecule has 4 rings (SSSR count). The number of nitriles is 1. The molecule has 0 radical (unpaired) electrons. The van der Waals surface area contributed by atoms with E-state index in [1.54, 1.807) is 0 Å². The van der Waals surface area contributed by atoms with Crippen LogP contribution in [0, 0.1) is 11.3 Å². The highest BCUT2D eigenvalue weighted by Crippen LogP contribution is 2.29. The number of H-pyrrole nitrogens is 1. The Kier molecular flexibility index (Phi) is 2.45. The lowest BCUT2D eigenvalue weighted by atomic mass is 10.1. The Labute approximate surface area is 120 Å². The van der Waals surface area contributed by atoms with Gasteiger partial charge in [0.05, 0.1) is 11.0 Å². The SMILES string of the molecule is N#Cc1nc2ccccc2nc1-c1c[nH]c2ccccc12. The van der Waals surface area contributed by atoms with Gasteiger partial charge in [0.25, 0.3) is 0 Å². The van der Waals surface area contributed by atoms with Crippen LogP contribution in [0.5, 0.6) is 0 Å². The van der Waals surface area contributed by atoms with Gasteiger partial charge in [0.15, 0.2) is 5.69 Å². The number of para-hydroxylation sites is 3. The summed E-state index contributed by atoms with van der Waals surface area (Å²) in [6.07, 6.45) is 1.88. The molecule has 0 saturated carbocycles. The highest BCUT2D eigenvalue weighted by Gasteiger charge is 2.14. The van der Waals surface area contributed by atoms with Crippen LogP contribution in [0.4, 0.5) is 0 Å². The largest absolute Gasteiger partial charge is 0.360 e. The fourth-order valence-corrected chi connectivity index (χ4v) is 2.53. The molecule has 0 fully saturated rings. The van der Waals surface area contributed by atoms with Gasteiger partial charge in [-0.15, -0.1) is 0 Å². The first kappa shape index (κ1) is 11.6. The van der Waals surface area contributed by atoms with Crippen LogP contribution in [-0.4, -0.2) is 15.0 Å². The van der Waals surface area contributed by atoms with Crippen LogP contribution in [0.3, 0.4) is 0 Å². The number of aromatic amines is 1. The Morgan fingerprint density at radius 3 is 2.43 bits per heavy atom. The van der Waals surface area contributed by atoms with Crippen molar-refractivity contribution in [3.8, 4) is 17.3 Å². The lowest BCUT2D eigenvalue weighted by Gasteiger charge is -2.04. The lowest BCUT2D eigenvalue weighted by Crippen LogP contribution is -1.94. The third-order valence-electron chi connectivity index (χ3n) is 3.52. The molecule has 0 unspecified atom stereocenters. The number of aromatic nitrogens is 3. The van der Waals surface area contributed by atoms with E-state index in [1.807, 2.05) is 54.7 Å². The van der Waals surface area contributed by atoms with Crippen molar-refractivity contribution in [3.63, 3.8) is 0 Å².